The Kier molecular flexibility index (Phi) is 7.35. The van der Waals surface area contributed by atoms with Crippen LogP contribution in [0, 0.1) is 11.2 Å². The van der Waals surface area contributed by atoms with Gasteiger partial charge in [0.1, 0.15) is 23.5 Å². The predicted octanol–water partition coefficient (Wildman–Crippen LogP) is 5.04. The minimum atomic E-state index is -0.523. The summed E-state index contributed by atoms with van der Waals surface area (Å²) in [5.74, 6) is 0.0554. The fourth-order valence-electron chi connectivity index (χ4n) is 6.53. The zero-order valence-electron chi connectivity index (χ0n) is 24.2. The number of aromatic nitrogens is 3. The molecule has 3 fully saturated rings. The molecule has 216 valence electrons. The van der Waals surface area contributed by atoms with Crippen LogP contribution in [0.1, 0.15) is 77.6 Å². The molecular weight excluding hydrogens is 515 g/mol. The lowest BCUT2D eigenvalue weighted by atomic mass is 9.69. The van der Waals surface area contributed by atoms with E-state index < -0.39 is 11.4 Å². The Morgan fingerprint density at radius 2 is 1.85 bits per heavy atom. The van der Waals surface area contributed by atoms with E-state index in [9.17, 15) is 14.0 Å². The third-order valence-corrected chi connectivity index (χ3v) is 8.09. The van der Waals surface area contributed by atoms with Crippen LogP contribution in [0.3, 0.4) is 0 Å². The fraction of sp³-hybridized carbons (Fsp3) is 0.621. The molecule has 40 heavy (non-hydrogen) atoms. The van der Waals surface area contributed by atoms with Crippen molar-refractivity contribution in [2.24, 2.45) is 5.41 Å². The number of piperidine rings is 1. The summed E-state index contributed by atoms with van der Waals surface area (Å²) < 4.78 is 26.0. The Bertz CT molecular complexity index is 1260. The van der Waals surface area contributed by atoms with Gasteiger partial charge in [0.15, 0.2) is 5.82 Å². The summed E-state index contributed by atoms with van der Waals surface area (Å²) in [5, 5.41) is 8.09. The Morgan fingerprint density at radius 1 is 1.18 bits per heavy atom. The van der Waals surface area contributed by atoms with Gasteiger partial charge in [0.25, 0.3) is 11.8 Å². The van der Waals surface area contributed by atoms with E-state index in [2.05, 4.69) is 20.1 Å². The van der Waals surface area contributed by atoms with E-state index in [-0.39, 0.29) is 52.7 Å². The number of carbonyl (C=O) groups is 2. The summed E-state index contributed by atoms with van der Waals surface area (Å²) in [6.45, 7) is 13.4. The summed E-state index contributed by atoms with van der Waals surface area (Å²) in [5.41, 5.74) is -0.325. The average molecular weight is 555 g/mol. The van der Waals surface area contributed by atoms with Crippen LogP contribution in [0.2, 0.25) is 0 Å². The molecule has 0 saturated carbocycles. The Labute approximate surface area is 234 Å². The second-order valence-corrected chi connectivity index (χ2v) is 12.6. The molecule has 2 amide bonds. The third-order valence-electron chi connectivity index (χ3n) is 8.09. The van der Waals surface area contributed by atoms with Crippen LogP contribution >= 0.6 is 0 Å². The first-order valence-corrected chi connectivity index (χ1v) is 14.1. The number of hydrogen-bond acceptors (Lipinski definition) is 8. The van der Waals surface area contributed by atoms with Gasteiger partial charge in [-0.15, -0.1) is 10.2 Å². The van der Waals surface area contributed by atoms with Gasteiger partial charge in [-0.2, -0.15) is 0 Å². The largest absolute Gasteiger partial charge is 0.444 e. The van der Waals surface area contributed by atoms with Crippen LogP contribution in [0.15, 0.2) is 24.5 Å². The maximum absolute atomic E-state index is 14.2. The zero-order valence-corrected chi connectivity index (χ0v) is 24.2. The first-order chi connectivity index (χ1) is 18.9. The second-order valence-electron chi connectivity index (χ2n) is 12.6. The maximum atomic E-state index is 14.2. The maximum Gasteiger partial charge on any atom is 0.410 e. The standard InChI is InChI=1S/C29H39FN6O4/c1-7-35(18(2)3)26(37)22-12-19(30)8-11-23(22)39-25-24(31-17-32-33-25)34-15-29(16-34)13-20-9-10-21(14-29)36(20)27(38)40-28(4,5)6/h8,11-12,17-18,20-21H,7,9-10,13-16H2,1-6H3. The fourth-order valence-corrected chi connectivity index (χ4v) is 6.53. The number of halogens is 1. The monoisotopic (exact) mass is 554 g/mol. The van der Waals surface area contributed by atoms with Crippen molar-refractivity contribution in [3.63, 3.8) is 0 Å². The Balaban J connectivity index is 1.31. The van der Waals surface area contributed by atoms with Crippen molar-refractivity contribution < 1.29 is 23.5 Å². The number of rotatable bonds is 6. The van der Waals surface area contributed by atoms with Crippen molar-refractivity contribution in [3.8, 4) is 11.6 Å². The van der Waals surface area contributed by atoms with Gasteiger partial charge in [0.05, 0.1) is 5.56 Å². The van der Waals surface area contributed by atoms with Crippen molar-refractivity contribution in [2.75, 3.05) is 24.5 Å². The highest BCUT2D eigenvalue weighted by Crippen LogP contribution is 2.52. The van der Waals surface area contributed by atoms with Crippen LogP contribution in [-0.2, 0) is 4.74 Å². The van der Waals surface area contributed by atoms with E-state index in [1.54, 1.807) is 4.90 Å². The van der Waals surface area contributed by atoms with Crippen molar-refractivity contribution in [3.05, 3.63) is 35.9 Å². The quantitative estimate of drug-likeness (QED) is 0.490. The SMILES string of the molecule is CCN(C(=O)c1cc(F)ccc1Oc1nncnc1N1CC2(CC3CCC(C2)N3C(=O)OC(C)(C)C)C1)C(C)C. The Hall–Kier alpha value is -3.50. The minimum Gasteiger partial charge on any atom is -0.444 e. The van der Waals surface area contributed by atoms with E-state index in [4.69, 9.17) is 9.47 Å². The first-order valence-electron chi connectivity index (χ1n) is 14.1. The molecule has 2 unspecified atom stereocenters. The van der Waals surface area contributed by atoms with Gasteiger partial charge >= 0.3 is 6.09 Å². The number of fused-ring (bicyclic) bond motifs is 2. The van der Waals surface area contributed by atoms with Crippen molar-refractivity contribution in [1.29, 1.82) is 0 Å². The van der Waals surface area contributed by atoms with Crippen LogP contribution in [0.5, 0.6) is 11.6 Å². The molecule has 0 radical (unpaired) electrons. The average Bonchev–Trinajstić information content (AvgIpc) is 3.14. The van der Waals surface area contributed by atoms with E-state index in [0.717, 1.165) is 38.8 Å². The van der Waals surface area contributed by atoms with Gasteiger partial charge in [-0.1, -0.05) is 0 Å². The number of amides is 2. The van der Waals surface area contributed by atoms with Crippen LogP contribution in [-0.4, -0.2) is 80.3 Å². The summed E-state index contributed by atoms with van der Waals surface area (Å²) in [6, 6.07) is 4.18. The summed E-state index contributed by atoms with van der Waals surface area (Å²) >= 11 is 0. The first kappa shape index (κ1) is 28.0. The number of carbonyl (C=O) groups excluding carboxylic acids is 2. The molecule has 1 spiro atoms. The van der Waals surface area contributed by atoms with Crippen molar-refractivity contribution >= 4 is 17.8 Å². The Morgan fingerprint density at radius 3 is 2.45 bits per heavy atom. The van der Waals surface area contributed by atoms with Gasteiger partial charge < -0.3 is 24.2 Å². The van der Waals surface area contributed by atoms with E-state index >= 15 is 0 Å². The summed E-state index contributed by atoms with van der Waals surface area (Å²) in [4.78, 5) is 36.3. The smallest absolute Gasteiger partial charge is 0.410 e. The molecule has 1 aromatic heterocycles. The molecule has 1 aromatic carbocycles. The lowest BCUT2D eigenvalue weighted by Gasteiger charge is -2.56. The number of hydrogen-bond donors (Lipinski definition) is 0. The van der Waals surface area contributed by atoms with Gasteiger partial charge in [-0.3, -0.25) is 4.79 Å². The predicted molar refractivity (Wildman–Crippen MR) is 147 cm³/mol. The normalized spacial score (nSPS) is 21.4. The molecule has 3 aliphatic rings. The molecular formula is C29H39FN6O4. The van der Waals surface area contributed by atoms with Gasteiger partial charge in [0.2, 0.25) is 0 Å². The number of ether oxygens (including phenoxy) is 2. The summed E-state index contributed by atoms with van der Waals surface area (Å²) in [6.07, 6.45) is 4.95. The highest BCUT2D eigenvalue weighted by Gasteiger charge is 2.56. The lowest BCUT2D eigenvalue weighted by molar-refractivity contribution is -0.0183. The minimum absolute atomic E-state index is 0.0586. The van der Waals surface area contributed by atoms with Crippen molar-refractivity contribution in [1.82, 2.24) is 25.0 Å². The van der Waals surface area contributed by atoms with Gasteiger partial charge in [0, 0.05) is 43.2 Å². The molecule has 3 saturated heterocycles. The van der Waals surface area contributed by atoms with E-state index in [1.807, 2.05) is 46.4 Å². The molecule has 2 aromatic rings. The van der Waals surface area contributed by atoms with Crippen molar-refractivity contribution in [2.45, 2.75) is 91.0 Å². The lowest BCUT2D eigenvalue weighted by Crippen LogP contribution is -2.64. The molecule has 0 N–H and O–H groups in total. The zero-order chi connectivity index (χ0) is 28.8. The van der Waals surface area contributed by atoms with Gasteiger partial charge in [-0.25, -0.2) is 14.2 Å². The molecule has 2 atom stereocenters. The molecule has 2 bridgehead atoms. The molecule has 11 heteroatoms. The van der Waals surface area contributed by atoms with E-state index in [1.165, 1.54) is 24.5 Å². The molecule has 10 nitrogen and oxygen atoms in total. The molecule has 5 rings (SSSR count). The van der Waals surface area contributed by atoms with Crippen LogP contribution in [0.4, 0.5) is 15.0 Å². The summed E-state index contributed by atoms with van der Waals surface area (Å²) in [7, 11) is 0. The third kappa shape index (κ3) is 5.42. The van der Waals surface area contributed by atoms with E-state index in [0.29, 0.717) is 12.4 Å². The molecule has 0 aliphatic carbocycles. The topological polar surface area (TPSA) is 101 Å². The van der Waals surface area contributed by atoms with Crippen LogP contribution < -0.4 is 9.64 Å². The highest BCUT2D eigenvalue weighted by atomic mass is 19.1. The molecule has 4 heterocycles. The number of anilines is 1. The van der Waals surface area contributed by atoms with Crippen LogP contribution in [0.25, 0.3) is 0 Å². The number of nitrogens with zero attached hydrogens (tertiary/aromatic N) is 6. The second kappa shape index (κ2) is 10.5. The number of benzene rings is 1. The van der Waals surface area contributed by atoms with Gasteiger partial charge in [-0.05, 0) is 85.4 Å². The molecule has 3 aliphatic heterocycles. The highest BCUT2D eigenvalue weighted by molar-refractivity contribution is 5.97.